The van der Waals surface area contributed by atoms with E-state index in [4.69, 9.17) is 14.6 Å². The van der Waals surface area contributed by atoms with Gasteiger partial charge in [-0.15, -0.1) is 0 Å². The lowest BCUT2D eigenvalue weighted by molar-refractivity contribution is -0.157. The first-order valence-electron chi connectivity index (χ1n) is 7.00. The fraction of sp³-hybridized carbons (Fsp3) is 0.294. The number of aromatic hydroxyl groups is 1. The molecule has 0 bridgehead atoms. The van der Waals surface area contributed by atoms with E-state index in [9.17, 15) is 14.7 Å². The van der Waals surface area contributed by atoms with Gasteiger partial charge in [-0.25, -0.2) is 9.59 Å². The van der Waals surface area contributed by atoms with Crippen molar-refractivity contribution in [3.63, 3.8) is 0 Å². The molecule has 0 heterocycles. The largest absolute Gasteiger partial charge is 0.507 e. The first kappa shape index (κ1) is 16.6. The van der Waals surface area contributed by atoms with Crippen LogP contribution in [0.3, 0.4) is 0 Å². The average Bonchev–Trinajstić information content (AvgIpc) is 2.42. The number of ether oxygens (including phenoxy) is 2. The summed E-state index contributed by atoms with van der Waals surface area (Å²) in [4.78, 5) is 22.7. The highest BCUT2D eigenvalue weighted by Crippen LogP contribution is 2.28. The lowest BCUT2D eigenvalue weighted by atomic mass is 10.1. The predicted molar refractivity (Wildman–Crippen MR) is 83.9 cm³/mol. The Bertz CT molecular complexity index is 758. The number of carbonyl (C=O) groups is 2. The molecule has 2 aromatic rings. The summed E-state index contributed by atoms with van der Waals surface area (Å²) in [5.74, 6) is -1.60. The fourth-order valence-corrected chi connectivity index (χ4v) is 2.04. The minimum atomic E-state index is -1.22. The molecule has 0 aromatic heterocycles. The summed E-state index contributed by atoms with van der Waals surface area (Å²) in [7, 11) is 0. The third-order valence-electron chi connectivity index (χ3n) is 2.93. The van der Waals surface area contributed by atoms with Gasteiger partial charge in [-0.1, -0.05) is 6.07 Å². The van der Waals surface area contributed by atoms with Gasteiger partial charge < -0.3 is 19.7 Å². The topological polar surface area (TPSA) is 93.1 Å². The molecule has 0 saturated carbocycles. The van der Waals surface area contributed by atoms with Crippen molar-refractivity contribution in [3.8, 4) is 11.5 Å². The Morgan fingerprint density at radius 2 is 1.78 bits per heavy atom. The highest BCUT2D eigenvalue weighted by Gasteiger charge is 2.17. The number of phenols is 1. The molecule has 0 aliphatic heterocycles. The van der Waals surface area contributed by atoms with E-state index in [2.05, 4.69) is 0 Å². The number of carbonyl (C=O) groups excluding carboxylic acids is 1. The normalized spacial score (nSPS) is 11.3. The Hall–Kier alpha value is -2.76. The number of carboxylic acid groups (broad SMARTS) is 1. The summed E-state index contributed by atoms with van der Waals surface area (Å²) in [6.07, 6.45) is 0. The van der Waals surface area contributed by atoms with Gasteiger partial charge in [0.15, 0.2) is 6.61 Å². The maximum Gasteiger partial charge on any atom is 0.344 e. The fourth-order valence-electron chi connectivity index (χ4n) is 2.04. The summed E-state index contributed by atoms with van der Waals surface area (Å²) in [5.41, 5.74) is -0.778. The lowest BCUT2D eigenvalue weighted by Crippen LogP contribution is -2.27. The molecule has 0 aliphatic carbocycles. The van der Waals surface area contributed by atoms with Crippen LogP contribution in [-0.2, 0) is 9.53 Å². The lowest BCUT2D eigenvalue weighted by Gasteiger charge is -2.19. The van der Waals surface area contributed by atoms with E-state index in [1.807, 2.05) is 0 Å². The number of rotatable bonds is 4. The Labute approximate surface area is 133 Å². The zero-order chi connectivity index (χ0) is 17.2. The van der Waals surface area contributed by atoms with E-state index in [1.165, 1.54) is 12.1 Å². The van der Waals surface area contributed by atoms with Crippen molar-refractivity contribution in [3.05, 3.63) is 35.9 Å². The van der Waals surface area contributed by atoms with Gasteiger partial charge in [0.2, 0.25) is 0 Å². The molecule has 0 amide bonds. The number of esters is 1. The van der Waals surface area contributed by atoms with Crippen LogP contribution in [0.1, 0.15) is 31.1 Å². The van der Waals surface area contributed by atoms with E-state index >= 15 is 0 Å². The summed E-state index contributed by atoms with van der Waals surface area (Å²) in [5, 5.41) is 19.9. The van der Waals surface area contributed by atoms with Crippen molar-refractivity contribution in [2.24, 2.45) is 0 Å². The molecule has 0 saturated heterocycles. The number of carboxylic acids is 1. The van der Waals surface area contributed by atoms with Gasteiger partial charge in [0.1, 0.15) is 22.7 Å². The zero-order valence-electron chi connectivity index (χ0n) is 13.1. The third-order valence-corrected chi connectivity index (χ3v) is 2.93. The predicted octanol–water partition coefficient (Wildman–Crippen LogP) is 2.96. The maximum absolute atomic E-state index is 11.6. The Morgan fingerprint density at radius 3 is 2.39 bits per heavy atom. The summed E-state index contributed by atoms with van der Waals surface area (Å²) in [6.45, 7) is 5.05. The molecule has 0 unspecified atom stereocenters. The van der Waals surface area contributed by atoms with E-state index in [-0.39, 0.29) is 17.9 Å². The number of hydrogen-bond acceptors (Lipinski definition) is 5. The molecule has 6 heteroatoms. The minimum absolute atomic E-state index is 0.193. The quantitative estimate of drug-likeness (QED) is 0.842. The first-order chi connectivity index (χ1) is 10.7. The smallest absolute Gasteiger partial charge is 0.344 e. The van der Waals surface area contributed by atoms with Gasteiger partial charge in [0, 0.05) is 0 Å². The summed E-state index contributed by atoms with van der Waals surface area (Å²) >= 11 is 0. The molecular formula is C17H18O6. The van der Waals surface area contributed by atoms with Gasteiger partial charge in [-0.05, 0) is 55.8 Å². The molecule has 0 radical (unpaired) electrons. The molecule has 122 valence electrons. The van der Waals surface area contributed by atoms with E-state index in [0.29, 0.717) is 16.5 Å². The highest BCUT2D eigenvalue weighted by molar-refractivity contribution is 5.97. The molecule has 0 spiro atoms. The van der Waals surface area contributed by atoms with Crippen molar-refractivity contribution >= 4 is 22.7 Å². The van der Waals surface area contributed by atoms with E-state index < -0.39 is 17.5 Å². The SMILES string of the molecule is CC(C)(C)OC(=O)COc1ccc2cc(O)c(C(=O)O)cc2c1. The van der Waals surface area contributed by atoms with Crippen LogP contribution < -0.4 is 4.74 Å². The van der Waals surface area contributed by atoms with Gasteiger partial charge in [0.25, 0.3) is 0 Å². The van der Waals surface area contributed by atoms with Gasteiger partial charge in [-0.2, -0.15) is 0 Å². The van der Waals surface area contributed by atoms with Crippen molar-refractivity contribution in [2.75, 3.05) is 6.61 Å². The average molecular weight is 318 g/mol. The van der Waals surface area contributed by atoms with Crippen LogP contribution in [0.15, 0.2) is 30.3 Å². The minimum Gasteiger partial charge on any atom is -0.507 e. The van der Waals surface area contributed by atoms with Crippen LogP contribution in [0.5, 0.6) is 11.5 Å². The van der Waals surface area contributed by atoms with Gasteiger partial charge in [0.05, 0.1) is 0 Å². The number of benzene rings is 2. The Kier molecular flexibility index (Phi) is 4.45. The Balaban J connectivity index is 2.18. The molecule has 0 fully saturated rings. The van der Waals surface area contributed by atoms with Crippen LogP contribution in [0.4, 0.5) is 0 Å². The van der Waals surface area contributed by atoms with Crippen molar-refractivity contribution in [1.29, 1.82) is 0 Å². The monoisotopic (exact) mass is 318 g/mol. The maximum atomic E-state index is 11.6. The molecule has 2 aromatic carbocycles. The molecular weight excluding hydrogens is 300 g/mol. The Morgan fingerprint density at radius 1 is 1.09 bits per heavy atom. The van der Waals surface area contributed by atoms with E-state index in [1.54, 1.807) is 39.0 Å². The number of aromatic carboxylic acids is 1. The molecule has 2 rings (SSSR count). The highest BCUT2D eigenvalue weighted by atomic mass is 16.6. The molecule has 2 N–H and O–H groups in total. The first-order valence-corrected chi connectivity index (χ1v) is 7.00. The second kappa shape index (κ2) is 6.16. The van der Waals surface area contributed by atoms with Gasteiger partial charge in [-0.3, -0.25) is 0 Å². The standard InChI is InChI=1S/C17H18O6/c1-17(2,3)23-15(19)9-22-12-5-4-10-8-14(18)13(16(20)21)7-11(10)6-12/h4-8,18H,9H2,1-3H3,(H,20,21). The third kappa shape index (κ3) is 4.35. The van der Waals surface area contributed by atoms with Crippen LogP contribution in [0.2, 0.25) is 0 Å². The summed E-state index contributed by atoms with van der Waals surface area (Å²) in [6, 6.07) is 7.63. The van der Waals surface area contributed by atoms with Crippen LogP contribution in [0.25, 0.3) is 10.8 Å². The van der Waals surface area contributed by atoms with Crippen LogP contribution in [0, 0.1) is 0 Å². The second-order valence-electron chi connectivity index (χ2n) is 6.06. The van der Waals surface area contributed by atoms with Crippen LogP contribution in [-0.4, -0.2) is 34.4 Å². The zero-order valence-corrected chi connectivity index (χ0v) is 13.1. The van der Waals surface area contributed by atoms with Crippen molar-refractivity contribution < 1.29 is 29.3 Å². The van der Waals surface area contributed by atoms with E-state index in [0.717, 1.165) is 0 Å². The van der Waals surface area contributed by atoms with Crippen molar-refractivity contribution in [2.45, 2.75) is 26.4 Å². The molecule has 0 aliphatic rings. The molecule has 6 nitrogen and oxygen atoms in total. The molecule has 23 heavy (non-hydrogen) atoms. The second-order valence-corrected chi connectivity index (χ2v) is 6.06. The van der Waals surface area contributed by atoms with Crippen molar-refractivity contribution in [1.82, 2.24) is 0 Å². The summed E-state index contributed by atoms with van der Waals surface area (Å²) < 4.78 is 10.5. The van der Waals surface area contributed by atoms with Gasteiger partial charge >= 0.3 is 11.9 Å². The van der Waals surface area contributed by atoms with Crippen LogP contribution >= 0.6 is 0 Å². The molecule has 0 atom stereocenters. The number of fused-ring (bicyclic) bond motifs is 1. The number of hydrogen-bond donors (Lipinski definition) is 2.